The topological polar surface area (TPSA) is 49.0 Å². The maximum Gasteiger partial charge on any atom is 0.112 e. The van der Waals surface area contributed by atoms with Crippen molar-refractivity contribution >= 4 is 46.8 Å². The van der Waals surface area contributed by atoms with Crippen LogP contribution in [0.5, 0.6) is 0 Å². The molecule has 6 rings (SSSR count). The van der Waals surface area contributed by atoms with Gasteiger partial charge in [0, 0.05) is 31.9 Å². The van der Waals surface area contributed by atoms with Gasteiger partial charge in [0.25, 0.3) is 0 Å². The molecule has 0 amide bonds. The van der Waals surface area contributed by atoms with Crippen LogP contribution in [0.4, 0.5) is 0 Å². The minimum atomic E-state index is -0.0410. The molecule has 0 unspecified atom stereocenters. The average Bonchev–Trinajstić information content (AvgIpc) is 3.56. The molecule has 3 nitrogen and oxygen atoms in total. The molecule has 0 aliphatic rings. The number of nitriles is 1. The molecule has 0 fully saturated rings. The van der Waals surface area contributed by atoms with E-state index in [1.807, 2.05) is 23.6 Å². The third kappa shape index (κ3) is 4.80. The van der Waals surface area contributed by atoms with Crippen LogP contribution < -0.4 is 0 Å². The normalized spacial score (nSPS) is 11.1. The second-order valence-corrected chi connectivity index (χ2v) is 11.7. The van der Waals surface area contributed by atoms with E-state index in [0.29, 0.717) is 4.88 Å². The Bertz CT molecular complexity index is 1860. The summed E-state index contributed by atoms with van der Waals surface area (Å²) in [6.45, 7) is 2.05. The number of para-hydroxylation sites is 1. The van der Waals surface area contributed by atoms with Gasteiger partial charge in [-0.3, -0.25) is 3.97 Å². The molecule has 0 bridgehead atoms. The molecule has 0 saturated heterocycles. The highest BCUT2D eigenvalue weighted by atomic mass is 32.2. The molecule has 0 saturated carbocycles. The lowest BCUT2D eigenvalue weighted by atomic mass is 9.96. The van der Waals surface area contributed by atoms with Crippen LogP contribution in [-0.4, -0.2) is 9.08 Å². The number of thiol groups is 1. The third-order valence-corrected chi connectivity index (χ3v) is 9.09. The summed E-state index contributed by atoms with van der Waals surface area (Å²) in [5.41, 5.74) is 9.33. The van der Waals surface area contributed by atoms with Crippen molar-refractivity contribution in [3.05, 3.63) is 118 Å². The van der Waals surface area contributed by atoms with E-state index < -0.39 is 0 Å². The number of benzene rings is 4. The quantitative estimate of drug-likeness (QED) is 0.200. The maximum absolute atomic E-state index is 9.96. The first-order chi connectivity index (χ1) is 19.1. The van der Waals surface area contributed by atoms with Crippen LogP contribution in [0, 0.1) is 18.3 Å². The molecule has 0 aliphatic heterocycles. The van der Waals surface area contributed by atoms with Crippen LogP contribution in [-0.2, 0) is 6.61 Å². The third-order valence-electron chi connectivity index (χ3n) is 6.81. The van der Waals surface area contributed by atoms with Gasteiger partial charge in [0.2, 0.25) is 0 Å². The van der Waals surface area contributed by atoms with E-state index in [1.165, 1.54) is 16.9 Å². The second kappa shape index (κ2) is 10.8. The Balaban J connectivity index is 1.62. The highest BCUT2D eigenvalue weighted by Crippen LogP contribution is 2.46. The van der Waals surface area contributed by atoms with Crippen molar-refractivity contribution in [2.45, 2.75) is 23.3 Å². The Morgan fingerprint density at radius 1 is 0.897 bits per heavy atom. The summed E-state index contributed by atoms with van der Waals surface area (Å²) in [5.74, 6) is 0. The number of rotatable bonds is 6. The second-order valence-electron chi connectivity index (χ2n) is 9.30. The molecule has 0 radical (unpaired) electrons. The number of aliphatic hydroxyl groups is 1. The summed E-state index contributed by atoms with van der Waals surface area (Å²) in [5, 5.41) is 22.7. The SMILES string of the molecule is Cc1ccc(Sn2c(-c3cccc(-c4ccc(CO)c(S)c4)c3)c(-c3ccsc3C#N)c3ccccc32)cc1. The molecule has 4 aromatic carbocycles. The Labute approximate surface area is 241 Å². The van der Waals surface area contributed by atoms with Crippen molar-refractivity contribution in [3.63, 3.8) is 0 Å². The molecule has 0 aliphatic carbocycles. The van der Waals surface area contributed by atoms with Crippen molar-refractivity contribution in [2.75, 3.05) is 0 Å². The largest absolute Gasteiger partial charge is 0.392 e. The lowest BCUT2D eigenvalue weighted by Crippen LogP contribution is -1.93. The van der Waals surface area contributed by atoms with Crippen LogP contribution in [0.1, 0.15) is 16.0 Å². The van der Waals surface area contributed by atoms with Crippen LogP contribution >= 0.6 is 35.9 Å². The highest BCUT2D eigenvalue weighted by Gasteiger charge is 2.23. The van der Waals surface area contributed by atoms with E-state index in [9.17, 15) is 10.4 Å². The fourth-order valence-corrected chi connectivity index (χ4v) is 6.85. The molecule has 2 heterocycles. The van der Waals surface area contributed by atoms with Gasteiger partial charge in [0.05, 0.1) is 17.8 Å². The minimum absolute atomic E-state index is 0.0410. The summed E-state index contributed by atoms with van der Waals surface area (Å²) in [4.78, 5) is 2.60. The standard InChI is InChI=1S/C33H24N2OS3/c1-21-9-13-26(14-10-21)39-35-29-8-3-2-7-27(29)32(28-15-16-38-31(28)19-34)33(35)24-6-4-5-22(17-24)23-11-12-25(20-36)30(37)18-23/h2-18,36-37H,20H2,1H3. The zero-order valence-electron chi connectivity index (χ0n) is 21.1. The number of thiophene rings is 1. The lowest BCUT2D eigenvalue weighted by molar-refractivity contribution is 0.279. The zero-order valence-corrected chi connectivity index (χ0v) is 23.7. The number of aryl methyl sites for hydroxylation is 1. The number of fused-ring (bicyclic) bond motifs is 1. The van der Waals surface area contributed by atoms with Gasteiger partial charge >= 0.3 is 0 Å². The van der Waals surface area contributed by atoms with Crippen molar-refractivity contribution < 1.29 is 5.11 Å². The number of aliphatic hydroxyl groups excluding tert-OH is 1. The molecule has 39 heavy (non-hydrogen) atoms. The van der Waals surface area contributed by atoms with E-state index in [1.54, 1.807) is 11.9 Å². The van der Waals surface area contributed by atoms with Crippen molar-refractivity contribution in [3.8, 4) is 39.6 Å². The van der Waals surface area contributed by atoms with E-state index in [-0.39, 0.29) is 6.61 Å². The molecule has 1 N–H and O–H groups in total. The van der Waals surface area contributed by atoms with Gasteiger partial charge < -0.3 is 5.11 Å². The molecular weight excluding hydrogens is 537 g/mol. The average molecular weight is 561 g/mol. The first-order valence-electron chi connectivity index (χ1n) is 12.5. The fraction of sp³-hybridized carbons (Fsp3) is 0.0606. The summed E-state index contributed by atoms with van der Waals surface area (Å²) < 4.78 is 2.30. The number of aromatic nitrogens is 1. The predicted molar refractivity (Wildman–Crippen MR) is 166 cm³/mol. The van der Waals surface area contributed by atoms with Gasteiger partial charge in [-0.1, -0.05) is 66.2 Å². The van der Waals surface area contributed by atoms with Crippen LogP contribution in [0.3, 0.4) is 0 Å². The smallest absolute Gasteiger partial charge is 0.112 e. The Hall–Kier alpha value is -3.73. The van der Waals surface area contributed by atoms with Gasteiger partial charge in [-0.25, -0.2) is 0 Å². The van der Waals surface area contributed by atoms with Gasteiger partial charge in [0.1, 0.15) is 10.9 Å². The van der Waals surface area contributed by atoms with E-state index in [0.717, 1.165) is 59.8 Å². The van der Waals surface area contributed by atoms with Gasteiger partial charge in [-0.05, 0) is 77.3 Å². The number of hydrogen-bond donors (Lipinski definition) is 2. The molecule has 6 aromatic rings. The zero-order chi connectivity index (χ0) is 26.9. The Morgan fingerprint density at radius 2 is 1.67 bits per heavy atom. The van der Waals surface area contributed by atoms with Gasteiger partial charge in [-0.2, -0.15) is 5.26 Å². The van der Waals surface area contributed by atoms with Crippen molar-refractivity contribution in [1.82, 2.24) is 3.97 Å². The van der Waals surface area contributed by atoms with Crippen LogP contribution in [0.2, 0.25) is 0 Å². The summed E-state index contributed by atoms with van der Waals surface area (Å²) in [6, 6.07) is 35.9. The summed E-state index contributed by atoms with van der Waals surface area (Å²) in [7, 11) is 0. The Morgan fingerprint density at radius 3 is 2.44 bits per heavy atom. The van der Waals surface area contributed by atoms with E-state index in [4.69, 9.17) is 0 Å². The molecule has 0 atom stereocenters. The highest BCUT2D eigenvalue weighted by molar-refractivity contribution is 7.98. The minimum Gasteiger partial charge on any atom is -0.392 e. The van der Waals surface area contributed by atoms with Crippen molar-refractivity contribution in [2.24, 2.45) is 0 Å². The van der Waals surface area contributed by atoms with Crippen LogP contribution in [0.15, 0.2) is 112 Å². The fourth-order valence-electron chi connectivity index (χ4n) is 4.86. The first-order valence-corrected chi connectivity index (χ1v) is 14.6. The lowest BCUT2D eigenvalue weighted by Gasteiger charge is -2.14. The monoisotopic (exact) mass is 560 g/mol. The predicted octanol–water partition coefficient (Wildman–Crippen LogP) is 9.22. The summed E-state index contributed by atoms with van der Waals surface area (Å²) >= 11 is 7.74. The molecule has 2 aromatic heterocycles. The molecule has 0 spiro atoms. The maximum atomic E-state index is 9.96. The van der Waals surface area contributed by atoms with Gasteiger partial charge in [0.15, 0.2) is 0 Å². The van der Waals surface area contributed by atoms with Gasteiger partial charge in [-0.15, -0.1) is 24.0 Å². The number of nitrogens with zero attached hydrogens (tertiary/aromatic N) is 2. The van der Waals surface area contributed by atoms with E-state index >= 15 is 0 Å². The van der Waals surface area contributed by atoms with Crippen molar-refractivity contribution in [1.29, 1.82) is 5.26 Å². The number of hydrogen-bond acceptors (Lipinski definition) is 5. The molecule has 6 heteroatoms. The van der Waals surface area contributed by atoms with Crippen LogP contribution in [0.25, 0.3) is 44.4 Å². The molecular formula is C33H24N2OS3. The first kappa shape index (κ1) is 25.5. The van der Waals surface area contributed by atoms with E-state index in [2.05, 4.69) is 108 Å². The summed E-state index contributed by atoms with van der Waals surface area (Å²) in [6.07, 6.45) is 0. The molecule has 190 valence electrons. The Kier molecular flexibility index (Phi) is 7.07.